The van der Waals surface area contributed by atoms with Crippen LogP contribution < -0.4 is 10.2 Å². The molecule has 2 saturated heterocycles. The quantitative estimate of drug-likeness (QED) is 0.889. The molecule has 128 valence electrons. The van der Waals surface area contributed by atoms with Crippen LogP contribution in [0.3, 0.4) is 0 Å². The van der Waals surface area contributed by atoms with Gasteiger partial charge in [-0.1, -0.05) is 24.7 Å². The minimum atomic E-state index is 0.115. The first kappa shape index (κ1) is 16.6. The van der Waals surface area contributed by atoms with Crippen molar-refractivity contribution in [2.75, 3.05) is 31.2 Å². The molecule has 1 aromatic heterocycles. The first-order valence-corrected chi connectivity index (χ1v) is 9.42. The highest BCUT2D eigenvalue weighted by Crippen LogP contribution is 2.29. The summed E-state index contributed by atoms with van der Waals surface area (Å²) in [5.41, 5.74) is 0. The van der Waals surface area contributed by atoms with Gasteiger partial charge in [-0.05, 0) is 32.1 Å². The lowest BCUT2D eigenvalue weighted by atomic mass is 9.95. The van der Waals surface area contributed by atoms with Gasteiger partial charge in [-0.25, -0.2) is 0 Å². The third-order valence-corrected chi connectivity index (χ3v) is 5.71. The molecule has 3 heterocycles. The van der Waals surface area contributed by atoms with E-state index >= 15 is 0 Å². The summed E-state index contributed by atoms with van der Waals surface area (Å²) in [6.45, 7) is 7.39. The highest BCUT2D eigenvalue weighted by Gasteiger charge is 2.36. The van der Waals surface area contributed by atoms with Gasteiger partial charge in [-0.2, -0.15) is 0 Å². The van der Waals surface area contributed by atoms with Crippen molar-refractivity contribution in [3.8, 4) is 0 Å². The van der Waals surface area contributed by atoms with Gasteiger partial charge in [-0.15, -0.1) is 10.2 Å². The number of carbonyl (C=O) groups excluding carboxylic acids is 1. The van der Waals surface area contributed by atoms with Crippen molar-refractivity contribution in [3.63, 3.8) is 0 Å². The third kappa shape index (κ3) is 4.01. The predicted molar refractivity (Wildman–Crippen MR) is 90.7 cm³/mol. The number of nitrogens with zero attached hydrogens (tertiary/aromatic N) is 3. The van der Waals surface area contributed by atoms with E-state index in [1.54, 1.807) is 11.3 Å². The van der Waals surface area contributed by atoms with E-state index in [0.29, 0.717) is 19.1 Å². The van der Waals surface area contributed by atoms with Gasteiger partial charge in [0.15, 0.2) is 0 Å². The highest BCUT2D eigenvalue weighted by molar-refractivity contribution is 7.15. The smallest absolute Gasteiger partial charge is 0.223 e. The average Bonchev–Trinajstić information content (AvgIpc) is 3.15. The topological polar surface area (TPSA) is 67.4 Å². The summed E-state index contributed by atoms with van der Waals surface area (Å²) in [4.78, 5) is 14.8. The number of anilines is 1. The van der Waals surface area contributed by atoms with Crippen molar-refractivity contribution >= 4 is 22.4 Å². The summed E-state index contributed by atoms with van der Waals surface area (Å²) in [6, 6.07) is 0.217. The number of hydrogen-bond donors (Lipinski definition) is 1. The minimum Gasteiger partial charge on any atom is -0.381 e. The van der Waals surface area contributed by atoms with Gasteiger partial charge in [0.25, 0.3) is 0 Å². The van der Waals surface area contributed by atoms with E-state index in [4.69, 9.17) is 4.74 Å². The molecule has 0 spiro atoms. The van der Waals surface area contributed by atoms with Crippen LogP contribution in [0.4, 0.5) is 5.13 Å². The Kier molecular flexibility index (Phi) is 5.48. The standard InChI is InChI=1S/C16H26N4O2S/c1-3-4-13-9-20(16-19-18-11(2)23-16)10-14(13)17-15(21)12-5-7-22-8-6-12/h12-14H,3-10H2,1-2H3,(H,17,21)/t13-,14-/m1/s1. The second-order valence-electron chi connectivity index (χ2n) is 6.56. The number of rotatable bonds is 5. The maximum Gasteiger partial charge on any atom is 0.223 e. The minimum absolute atomic E-state index is 0.115. The average molecular weight is 338 g/mol. The van der Waals surface area contributed by atoms with Crippen LogP contribution in [0.5, 0.6) is 0 Å². The van der Waals surface area contributed by atoms with Gasteiger partial charge in [0, 0.05) is 32.2 Å². The van der Waals surface area contributed by atoms with E-state index in [-0.39, 0.29) is 17.9 Å². The Morgan fingerprint density at radius 1 is 1.35 bits per heavy atom. The molecule has 0 radical (unpaired) electrons. The number of ether oxygens (including phenoxy) is 1. The molecule has 2 aliphatic heterocycles. The fourth-order valence-electron chi connectivity index (χ4n) is 3.53. The first-order valence-electron chi connectivity index (χ1n) is 8.60. The molecule has 1 N–H and O–H groups in total. The SMILES string of the molecule is CCC[C@@H]1CN(c2nnc(C)s2)C[C@H]1NC(=O)C1CCOCC1. The summed E-state index contributed by atoms with van der Waals surface area (Å²) in [5, 5.41) is 13.7. The molecule has 0 saturated carbocycles. The molecule has 2 atom stereocenters. The van der Waals surface area contributed by atoms with Crippen molar-refractivity contribution in [1.82, 2.24) is 15.5 Å². The van der Waals surface area contributed by atoms with Crippen molar-refractivity contribution in [1.29, 1.82) is 0 Å². The molecule has 0 unspecified atom stereocenters. The normalized spacial score (nSPS) is 25.7. The van der Waals surface area contributed by atoms with Crippen molar-refractivity contribution in [2.45, 2.75) is 45.6 Å². The molecule has 3 rings (SSSR count). The van der Waals surface area contributed by atoms with E-state index < -0.39 is 0 Å². The lowest BCUT2D eigenvalue weighted by Crippen LogP contribution is -2.44. The van der Waals surface area contributed by atoms with Crippen LogP contribution in [-0.4, -0.2) is 48.4 Å². The summed E-state index contributed by atoms with van der Waals surface area (Å²) in [5.74, 6) is 0.812. The fraction of sp³-hybridized carbons (Fsp3) is 0.812. The largest absolute Gasteiger partial charge is 0.381 e. The van der Waals surface area contributed by atoms with E-state index in [0.717, 1.165) is 48.9 Å². The van der Waals surface area contributed by atoms with Gasteiger partial charge < -0.3 is 15.0 Å². The summed E-state index contributed by atoms with van der Waals surface area (Å²) in [7, 11) is 0. The zero-order valence-corrected chi connectivity index (χ0v) is 14.8. The van der Waals surface area contributed by atoms with Crippen LogP contribution in [0, 0.1) is 18.8 Å². The Morgan fingerprint density at radius 3 is 2.78 bits per heavy atom. The monoisotopic (exact) mass is 338 g/mol. The second-order valence-corrected chi connectivity index (χ2v) is 7.72. The molecule has 2 fully saturated rings. The van der Waals surface area contributed by atoms with E-state index in [1.165, 1.54) is 0 Å². The Labute approximate surface area is 141 Å². The molecule has 0 aromatic carbocycles. The van der Waals surface area contributed by atoms with Crippen molar-refractivity contribution < 1.29 is 9.53 Å². The van der Waals surface area contributed by atoms with E-state index in [2.05, 4.69) is 27.3 Å². The highest BCUT2D eigenvalue weighted by atomic mass is 32.1. The van der Waals surface area contributed by atoms with Crippen LogP contribution >= 0.6 is 11.3 Å². The number of aryl methyl sites for hydroxylation is 1. The number of amides is 1. The van der Waals surface area contributed by atoms with Crippen LogP contribution in [0.15, 0.2) is 0 Å². The molecule has 1 aromatic rings. The fourth-order valence-corrected chi connectivity index (χ4v) is 4.23. The number of hydrogen-bond acceptors (Lipinski definition) is 6. The van der Waals surface area contributed by atoms with Crippen LogP contribution in [0.2, 0.25) is 0 Å². The molecular formula is C16H26N4O2S. The Bertz CT molecular complexity index is 530. The number of aromatic nitrogens is 2. The Hall–Kier alpha value is -1.21. The Morgan fingerprint density at radius 2 is 2.13 bits per heavy atom. The number of nitrogens with one attached hydrogen (secondary N) is 1. The number of carbonyl (C=O) groups is 1. The van der Waals surface area contributed by atoms with Crippen LogP contribution in [0.1, 0.15) is 37.6 Å². The molecular weight excluding hydrogens is 312 g/mol. The summed E-state index contributed by atoms with van der Waals surface area (Å²) in [6.07, 6.45) is 3.96. The molecule has 23 heavy (non-hydrogen) atoms. The molecule has 1 amide bonds. The van der Waals surface area contributed by atoms with Gasteiger partial charge in [0.1, 0.15) is 5.01 Å². The molecule has 7 heteroatoms. The zero-order valence-electron chi connectivity index (χ0n) is 14.0. The third-order valence-electron chi connectivity index (χ3n) is 4.81. The van der Waals surface area contributed by atoms with Gasteiger partial charge in [0.05, 0.1) is 6.04 Å². The molecule has 2 aliphatic rings. The van der Waals surface area contributed by atoms with Crippen molar-refractivity contribution in [3.05, 3.63) is 5.01 Å². The van der Waals surface area contributed by atoms with E-state index in [1.807, 2.05) is 6.92 Å². The van der Waals surface area contributed by atoms with Crippen LogP contribution in [-0.2, 0) is 9.53 Å². The Balaban J connectivity index is 1.62. The lowest BCUT2D eigenvalue weighted by molar-refractivity contribution is -0.128. The second kappa shape index (κ2) is 7.57. The van der Waals surface area contributed by atoms with Crippen LogP contribution in [0.25, 0.3) is 0 Å². The molecule has 0 bridgehead atoms. The maximum absolute atomic E-state index is 12.5. The lowest BCUT2D eigenvalue weighted by Gasteiger charge is -2.25. The first-order chi connectivity index (χ1) is 11.2. The summed E-state index contributed by atoms with van der Waals surface area (Å²) >= 11 is 1.63. The molecule has 0 aliphatic carbocycles. The van der Waals surface area contributed by atoms with Gasteiger partial charge in [0.2, 0.25) is 11.0 Å². The zero-order chi connectivity index (χ0) is 16.2. The maximum atomic E-state index is 12.5. The predicted octanol–water partition coefficient (Wildman–Crippen LogP) is 1.99. The van der Waals surface area contributed by atoms with Gasteiger partial charge >= 0.3 is 0 Å². The summed E-state index contributed by atoms with van der Waals surface area (Å²) < 4.78 is 5.35. The van der Waals surface area contributed by atoms with Gasteiger partial charge in [-0.3, -0.25) is 4.79 Å². The van der Waals surface area contributed by atoms with E-state index in [9.17, 15) is 4.79 Å². The molecule has 6 nitrogen and oxygen atoms in total. The van der Waals surface area contributed by atoms with Crippen molar-refractivity contribution in [2.24, 2.45) is 11.8 Å².